The van der Waals surface area contributed by atoms with Crippen LogP contribution in [0.25, 0.3) is 11.1 Å². The van der Waals surface area contributed by atoms with Crippen LogP contribution in [0.4, 0.5) is 5.69 Å². The van der Waals surface area contributed by atoms with Crippen LogP contribution < -0.4 is 5.32 Å². The number of carbonyl (C=O) groups excluding carboxylic acids is 1. The fourth-order valence-corrected chi connectivity index (χ4v) is 2.72. The van der Waals surface area contributed by atoms with Crippen molar-refractivity contribution in [3.63, 3.8) is 0 Å². The molecule has 2 N–H and O–H groups in total. The van der Waals surface area contributed by atoms with Crippen LogP contribution in [0, 0.1) is 0 Å². The minimum atomic E-state index is -3.29. The zero-order valence-corrected chi connectivity index (χ0v) is 13.3. The van der Waals surface area contributed by atoms with Crippen molar-refractivity contribution in [1.82, 2.24) is 0 Å². The van der Waals surface area contributed by atoms with Gasteiger partial charge in [-0.2, -0.15) is 0 Å². The van der Waals surface area contributed by atoms with Crippen molar-refractivity contribution in [2.24, 2.45) is 0 Å². The number of anilines is 1. The Kier molecular flexibility index (Phi) is 4.51. The van der Waals surface area contributed by atoms with Crippen LogP contribution in [-0.2, 0) is 14.6 Å². The SMILES string of the molecule is CC(=O)Nc1ccc(-c2ccc(S(C)(=O)=O)cc2)cc1C(=O)O. The maximum absolute atomic E-state index is 11.5. The van der Waals surface area contributed by atoms with E-state index in [0.717, 1.165) is 6.26 Å². The first kappa shape index (κ1) is 16.7. The lowest BCUT2D eigenvalue weighted by Gasteiger charge is -2.10. The average Bonchev–Trinajstić information content (AvgIpc) is 2.46. The fraction of sp³-hybridized carbons (Fsp3) is 0.125. The third-order valence-corrected chi connectivity index (χ3v) is 4.30. The highest BCUT2D eigenvalue weighted by molar-refractivity contribution is 7.90. The standard InChI is InChI=1S/C16H15NO5S/c1-10(18)17-15-8-5-12(9-14(15)16(19)20)11-3-6-13(7-4-11)23(2,21)22/h3-9H,1-2H3,(H,17,18)(H,19,20). The van der Waals surface area contributed by atoms with Crippen molar-refractivity contribution in [2.45, 2.75) is 11.8 Å². The number of carboxylic acid groups (broad SMARTS) is 1. The normalized spacial score (nSPS) is 11.0. The van der Waals surface area contributed by atoms with E-state index in [1.165, 1.54) is 31.2 Å². The summed E-state index contributed by atoms with van der Waals surface area (Å²) in [4.78, 5) is 22.6. The highest BCUT2D eigenvalue weighted by atomic mass is 32.2. The largest absolute Gasteiger partial charge is 0.478 e. The maximum atomic E-state index is 11.5. The van der Waals surface area contributed by atoms with Crippen molar-refractivity contribution in [3.05, 3.63) is 48.0 Å². The number of sulfone groups is 1. The molecule has 0 radical (unpaired) electrons. The predicted octanol–water partition coefficient (Wildman–Crippen LogP) is 2.41. The topological polar surface area (TPSA) is 101 Å². The van der Waals surface area contributed by atoms with Crippen molar-refractivity contribution in [2.75, 3.05) is 11.6 Å². The minimum Gasteiger partial charge on any atom is -0.478 e. The summed E-state index contributed by atoms with van der Waals surface area (Å²) in [5, 5.41) is 11.7. The Balaban J connectivity index is 2.46. The van der Waals surface area contributed by atoms with Crippen LogP contribution in [0.3, 0.4) is 0 Å². The van der Waals surface area contributed by atoms with Crippen LogP contribution in [-0.4, -0.2) is 31.7 Å². The molecule has 0 atom stereocenters. The van der Waals surface area contributed by atoms with Crippen LogP contribution >= 0.6 is 0 Å². The summed E-state index contributed by atoms with van der Waals surface area (Å²) < 4.78 is 22.9. The van der Waals surface area contributed by atoms with E-state index < -0.39 is 15.8 Å². The molecule has 2 rings (SSSR count). The van der Waals surface area contributed by atoms with Crippen LogP contribution in [0.15, 0.2) is 47.4 Å². The molecule has 1 amide bonds. The number of benzene rings is 2. The zero-order valence-electron chi connectivity index (χ0n) is 12.5. The molecule has 0 aliphatic heterocycles. The molecular weight excluding hydrogens is 318 g/mol. The van der Waals surface area contributed by atoms with Gasteiger partial charge in [-0.25, -0.2) is 13.2 Å². The Morgan fingerprint density at radius 1 is 1.00 bits per heavy atom. The second-order valence-electron chi connectivity index (χ2n) is 5.04. The summed E-state index contributed by atoms with van der Waals surface area (Å²) in [5.74, 6) is -1.53. The van der Waals surface area contributed by atoms with E-state index in [0.29, 0.717) is 11.1 Å². The van der Waals surface area contributed by atoms with E-state index >= 15 is 0 Å². The zero-order chi connectivity index (χ0) is 17.2. The van der Waals surface area contributed by atoms with Gasteiger partial charge in [-0.1, -0.05) is 18.2 Å². The van der Waals surface area contributed by atoms with Gasteiger partial charge in [0, 0.05) is 13.2 Å². The predicted molar refractivity (Wildman–Crippen MR) is 86.3 cm³/mol. The van der Waals surface area contributed by atoms with Crippen LogP contribution in [0.5, 0.6) is 0 Å². The average molecular weight is 333 g/mol. The van der Waals surface area contributed by atoms with Gasteiger partial charge < -0.3 is 10.4 Å². The molecule has 0 saturated carbocycles. The Hall–Kier alpha value is -2.67. The summed E-state index contributed by atoms with van der Waals surface area (Å²) in [7, 11) is -3.29. The second-order valence-corrected chi connectivity index (χ2v) is 7.06. The van der Waals surface area contributed by atoms with Gasteiger partial charge in [0.25, 0.3) is 0 Å². The third-order valence-electron chi connectivity index (χ3n) is 3.18. The molecule has 2 aromatic rings. The monoisotopic (exact) mass is 333 g/mol. The van der Waals surface area contributed by atoms with Gasteiger partial charge in [0.1, 0.15) is 0 Å². The van der Waals surface area contributed by atoms with E-state index in [4.69, 9.17) is 0 Å². The third kappa shape index (κ3) is 3.95. The first-order chi connectivity index (χ1) is 10.7. The Labute approximate surface area is 133 Å². The van der Waals surface area contributed by atoms with E-state index in [1.807, 2.05) is 0 Å². The van der Waals surface area contributed by atoms with Gasteiger partial charge in [0.05, 0.1) is 16.1 Å². The van der Waals surface area contributed by atoms with E-state index in [1.54, 1.807) is 18.2 Å². The van der Waals surface area contributed by atoms with E-state index in [-0.39, 0.29) is 22.1 Å². The van der Waals surface area contributed by atoms with Crippen molar-refractivity contribution in [1.29, 1.82) is 0 Å². The van der Waals surface area contributed by atoms with Gasteiger partial charge in [0.15, 0.2) is 9.84 Å². The van der Waals surface area contributed by atoms with Crippen LogP contribution in [0.1, 0.15) is 17.3 Å². The molecule has 0 bridgehead atoms. The van der Waals surface area contributed by atoms with Crippen molar-refractivity contribution in [3.8, 4) is 11.1 Å². The molecule has 7 heteroatoms. The molecule has 0 aliphatic carbocycles. The van der Waals surface area contributed by atoms with E-state index in [2.05, 4.69) is 5.32 Å². The number of hydrogen-bond donors (Lipinski definition) is 2. The second kappa shape index (κ2) is 6.21. The Morgan fingerprint density at radius 2 is 1.57 bits per heavy atom. The number of amides is 1. The first-order valence-electron chi connectivity index (χ1n) is 6.64. The highest BCUT2D eigenvalue weighted by Gasteiger charge is 2.13. The van der Waals surface area contributed by atoms with Crippen molar-refractivity contribution < 1.29 is 23.1 Å². The number of aromatic carboxylic acids is 1. The Bertz CT molecular complexity index is 870. The lowest BCUT2D eigenvalue weighted by molar-refractivity contribution is -0.114. The first-order valence-corrected chi connectivity index (χ1v) is 8.53. The molecule has 0 spiro atoms. The molecular formula is C16H15NO5S. The maximum Gasteiger partial charge on any atom is 0.337 e. The number of hydrogen-bond acceptors (Lipinski definition) is 4. The van der Waals surface area contributed by atoms with Crippen LogP contribution in [0.2, 0.25) is 0 Å². The van der Waals surface area contributed by atoms with Gasteiger partial charge in [-0.3, -0.25) is 4.79 Å². The molecule has 0 aromatic heterocycles. The molecule has 23 heavy (non-hydrogen) atoms. The Morgan fingerprint density at radius 3 is 2.04 bits per heavy atom. The summed E-state index contributed by atoms with van der Waals surface area (Å²) in [6.45, 7) is 1.30. The van der Waals surface area contributed by atoms with Gasteiger partial charge in [0.2, 0.25) is 5.91 Å². The summed E-state index contributed by atoms with van der Waals surface area (Å²) in [5.41, 5.74) is 1.46. The molecule has 120 valence electrons. The summed E-state index contributed by atoms with van der Waals surface area (Å²) in [6, 6.07) is 10.7. The molecule has 0 fully saturated rings. The lowest BCUT2D eigenvalue weighted by Crippen LogP contribution is -2.10. The summed E-state index contributed by atoms with van der Waals surface area (Å²) in [6.07, 6.45) is 1.12. The molecule has 2 aromatic carbocycles. The molecule has 0 saturated heterocycles. The highest BCUT2D eigenvalue weighted by Crippen LogP contribution is 2.26. The molecule has 0 heterocycles. The molecule has 6 nitrogen and oxygen atoms in total. The molecule has 0 aliphatic rings. The van der Waals surface area contributed by atoms with E-state index in [9.17, 15) is 23.1 Å². The van der Waals surface area contributed by atoms with Gasteiger partial charge in [-0.05, 0) is 35.4 Å². The lowest BCUT2D eigenvalue weighted by atomic mass is 10.0. The minimum absolute atomic E-state index is 0.0371. The number of carboxylic acids is 1. The number of carbonyl (C=O) groups is 2. The number of rotatable bonds is 4. The summed E-state index contributed by atoms with van der Waals surface area (Å²) >= 11 is 0. The van der Waals surface area contributed by atoms with Gasteiger partial charge >= 0.3 is 5.97 Å². The molecule has 0 unspecified atom stereocenters. The smallest absolute Gasteiger partial charge is 0.337 e. The van der Waals surface area contributed by atoms with Gasteiger partial charge in [-0.15, -0.1) is 0 Å². The number of nitrogens with one attached hydrogen (secondary N) is 1. The van der Waals surface area contributed by atoms with Crippen molar-refractivity contribution >= 4 is 27.4 Å². The quantitative estimate of drug-likeness (QED) is 0.895. The fourth-order valence-electron chi connectivity index (χ4n) is 2.09.